The molecule has 3 nitrogen and oxygen atoms in total. The molecule has 20 heavy (non-hydrogen) atoms. The maximum absolute atomic E-state index is 2.93. The average molecular weight is 286 g/mol. The summed E-state index contributed by atoms with van der Waals surface area (Å²) < 4.78 is 8.79. The van der Waals surface area contributed by atoms with Crippen LogP contribution in [0.3, 0.4) is 0 Å². The minimum Gasteiger partial charge on any atom is -0.510 e. The Bertz CT molecular complexity index is 219. The van der Waals surface area contributed by atoms with Gasteiger partial charge in [0.2, 0.25) is 0 Å². The standard InChI is InChI=1S/3C5H10N.Al.Li/c3*1-2-4-6-5-3-1;;/h3*1-5H2;;/q3*-1;+2;+1. The molecule has 0 amide bonds. The summed E-state index contributed by atoms with van der Waals surface area (Å²) in [5.74, 6) is 0. The molecule has 3 fully saturated rings. The first kappa shape index (κ1) is 17.4. The molecule has 3 rings (SSSR count). The van der Waals surface area contributed by atoms with E-state index in [1.807, 2.05) is 0 Å². The van der Waals surface area contributed by atoms with Gasteiger partial charge in [0.05, 0.1) is 0 Å². The van der Waals surface area contributed by atoms with Gasteiger partial charge in [-0.2, -0.15) is 0 Å². The SMILES string of the molecule is C1CC[N]([Al-]([N]2CCCCC2)[N]2CCCCC2)CC1.[Li+]. The number of hydrogen-bond donors (Lipinski definition) is 0. The first-order chi connectivity index (χ1) is 9.45. The molecule has 0 N–H and O–H groups in total. The van der Waals surface area contributed by atoms with Crippen LogP contribution in [-0.2, 0) is 0 Å². The van der Waals surface area contributed by atoms with Crippen LogP contribution < -0.4 is 18.9 Å². The summed E-state index contributed by atoms with van der Waals surface area (Å²) in [5.41, 5.74) is 0. The van der Waals surface area contributed by atoms with E-state index >= 15 is 0 Å². The van der Waals surface area contributed by atoms with E-state index in [1.54, 1.807) is 0 Å². The third kappa shape index (κ3) is 4.50. The summed E-state index contributed by atoms with van der Waals surface area (Å²) in [6, 6.07) is 0. The quantitative estimate of drug-likeness (QED) is 0.644. The summed E-state index contributed by atoms with van der Waals surface area (Å²) in [6.45, 7) is 8.36. The van der Waals surface area contributed by atoms with Crippen molar-refractivity contribution >= 4 is 14.8 Å². The molecule has 3 heterocycles. The third-order valence-corrected chi connectivity index (χ3v) is 8.66. The molecular weight excluding hydrogens is 256 g/mol. The Morgan fingerprint density at radius 1 is 0.400 bits per heavy atom. The van der Waals surface area contributed by atoms with Gasteiger partial charge in [-0.25, -0.2) is 0 Å². The fraction of sp³-hybridized carbons (Fsp3) is 1.00. The molecule has 0 aromatic rings. The van der Waals surface area contributed by atoms with Crippen LogP contribution in [0.1, 0.15) is 57.8 Å². The fourth-order valence-electron chi connectivity index (χ4n) is 4.14. The summed E-state index contributed by atoms with van der Waals surface area (Å²) in [6.07, 6.45) is 13.1. The Hall–Kier alpha value is 1.01. The van der Waals surface area contributed by atoms with Gasteiger partial charge in [-0.05, 0) is 77.8 Å². The Labute approximate surface area is 142 Å². The van der Waals surface area contributed by atoms with Crippen LogP contribution in [0.5, 0.6) is 0 Å². The van der Waals surface area contributed by atoms with E-state index in [1.165, 1.54) is 97.1 Å². The summed E-state index contributed by atoms with van der Waals surface area (Å²) in [5, 5.41) is 0. The van der Waals surface area contributed by atoms with Gasteiger partial charge in [0.25, 0.3) is 14.8 Å². The molecule has 3 aliphatic heterocycles. The van der Waals surface area contributed by atoms with Gasteiger partial charge in [-0.15, -0.1) is 0 Å². The molecule has 0 unspecified atom stereocenters. The molecular formula is C15H30AlLiN3. The van der Waals surface area contributed by atoms with Crippen LogP contribution in [-0.4, -0.2) is 65.7 Å². The van der Waals surface area contributed by atoms with Crippen molar-refractivity contribution in [3.8, 4) is 0 Å². The third-order valence-electron chi connectivity index (χ3n) is 5.15. The molecule has 0 saturated carbocycles. The van der Waals surface area contributed by atoms with Crippen molar-refractivity contribution in [2.24, 2.45) is 0 Å². The monoisotopic (exact) mass is 286 g/mol. The zero-order chi connectivity index (χ0) is 12.9. The van der Waals surface area contributed by atoms with Gasteiger partial charge >= 0.3 is 18.9 Å². The molecule has 0 atom stereocenters. The molecule has 3 saturated heterocycles. The minimum atomic E-state index is -0.978. The molecule has 0 aliphatic carbocycles. The van der Waals surface area contributed by atoms with E-state index in [-0.39, 0.29) is 18.9 Å². The first-order valence-electron chi connectivity index (χ1n) is 8.67. The first-order valence-corrected chi connectivity index (χ1v) is 10.2. The molecule has 3 aliphatic rings. The van der Waals surface area contributed by atoms with Crippen molar-refractivity contribution in [2.45, 2.75) is 57.8 Å². The zero-order valence-corrected chi connectivity index (χ0v) is 14.7. The van der Waals surface area contributed by atoms with Crippen molar-refractivity contribution in [1.29, 1.82) is 0 Å². The van der Waals surface area contributed by atoms with E-state index in [0.29, 0.717) is 0 Å². The van der Waals surface area contributed by atoms with Crippen LogP contribution in [0.4, 0.5) is 0 Å². The Morgan fingerprint density at radius 3 is 0.900 bits per heavy atom. The number of hydrogen-bond acceptors (Lipinski definition) is 3. The topological polar surface area (TPSA) is 9.72 Å². The van der Waals surface area contributed by atoms with Crippen LogP contribution in [0.2, 0.25) is 0 Å². The number of piperidine rings is 3. The molecule has 0 spiro atoms. The van der Waals surface area contributed by atoms with E-state index in [2.05, 4.69) is 11.7 Å². The number of nitrogens with zero attached hydrogens (tertiary/aromatic N) is 3. The van der Waals surface area contributed by atoms with Gasteiger partial charge in [0, 0.05) is 0 Å². The molecule has 109 valence electrons. The smallest absolute Gasteiger partial charge is 0.510 e. The van der Waals surface area contributed by atoms with Crippen LogP contribution >= 0.6 is 0 Å². The molecule has 0 bridgehead atoms. The van der Waals surface area contributed by atoms with E-state index in [4.69, 9.17) is 0 Å². The summed E-state index contributed by atoms with van der Waals surface area (Å²) in [4.78, 5) is 0. The fourth-order valence-corrected chi connectivity index (χ4v) is 8.01. The van der Waals surface area contributed by atoms with Crippen LogP contribution in [0.15, 0.2) is 0 Å². The number of rotatable bonds is 3. The Kier molecular flexibility index (Phi) is 8.00. The van der Waals surface area contributed by atoms with E-state index in [0.717, 1.165) is 0 Å². The van der Waals surface area contributed by atoms with Gasteiger partial charge in [-0.1, -0.05) is 19.3 Å². The molecule has 1 radical (unpaired) electrons. The second-order valence-corrected chi connectivity index (χ2v) is 9.52. The van der Waals surface area contributed by atoms with Crippen molar-refractivity contribution in [3.63, 3.8) is 0 Å². The molecule has 5 heteroatoms. The normalized spacial score (nSPS) is 27.4. The largest absolute Gasteiger partial charge is 1.00 e. The Balaban J connectivity index is 0.00000147. The maximum Gasteiger partial charge on any atom is 1.00 e. The van der Waals surface area contributed by atoms with Crippen molar-refractivity contribution < 1.29 is 18.9 Å². The molecule has 0 aromatic heterocycles. The maximum atomic E-state index is 2.93. The summed E-state index contributed by atoms with van der Waals surface area (Å²) >= 11 is -0.978. The van der Waals surface area contributed by atoms with Gasteiger partial charge in [0.1, 0.15) is 0 Å². The second-order valence-electron chi connectivity index (χ2n) is 6.64. The van der Waals surface area contributed by atoms with Crippen LogP contribution in [0.25, 0.3) is 0 Å². The van der Waals surface area contributed by atoms with E-state index < -0.39 is 14.8 Å². The average Bonchev–Trinajstić information content (AvgIpc) is 2.51. The summed E-state index contributed by atoms with van der Waals surface area (Å²) in [7, 11) is 0. The zero-order valence-electron chi connectivity index (χ0n) is 13.5. The van der Waals surface area contributed by atoms with Crippen molar-refractivity contribution in [1.82, 2.24) is 11.7 Å². The van der Waals surface area contributed by atoms with E-state index in [9.17, 15) is 0 Å². The molecule has 0 aromatic carbocycles. The second kappa shape index (κ2) is 9.22. The van der Waals surface area contributed by atoms with Crippen molar-refractivity contribution in [3.05, 3.63) is 0 Å². The predicted octanol–water partition coefficient (Wildman–Crippen LogP) is -0.567. The van der Waals surface area contributed by atoms with Crippen molar-refractivity contribution in [2.75, 3.05) is 39.3 Å². The van der Waals surface area contributed by atoms with Crippen LogP contribution in [0, 0.1) is 0 Å². The Morgan fingerprint density at radius 2 is 0.650 bits per heavy atom. The van der Waals surface area contributed by atoms with Gasteiger partial charge in [-0.3, -0.25) is 0 Å². The minimum absolute atomic E-state index is 0. The van der Waals surface area contributed by atoms with Gasteiger partial charge < -0.3 is 11.7 Å². The van der Waals surface area contributed by atoms with Gasteiger partial charge in [0.15, 0.2) is 0 Å². The predicted molar refractivity (Wildman–Crippen MR) is 82.0 cm³/mol.